The number of ether oxygens (including phenoxy) is 1. The Bertz CT molecular complexity index is 487. The van der Waals surface area contributed by atoms with E-state index in [9.17, 15) is 4.79 Å². The van der Waals surface area contributed by atoms with E-state index in [0.717, 1.165) is 5.75 Å². The SMILES string of the molecule is O=C(O)C1CCC(c2nc(CSC3CCCCC3)no2)O1. The fourth-order valence-electron chi connectivity index (χ4n) is 2.88. The second-order valence-electron chi connectivity index (χ2n) is 5.65. The van der Waals surface area contributed by atoms with E-state index in [1.807, 2.05) is 11.8 Å². The Hall–Kier alpha value is -1.08. The lowest BCUT2D eigenvalue weighted by atomic mass is 10.0. The van der Waals surface area contributed by atoms with Gasteiger partial charge in [0.05, 0.1) is 5.75 Å². The summed E-state index contributed by atoms with van der Waals surface area (Å²) in [6.45, 7) is 0. The van der Waals surface area contributed by atoms with Crippen molar-refractivity contribution in [3.8, 4) is 0 Å². The van der Waals surface area contributed by atoms with Crippen molar-refractivity contribution < 1.29 is 19.2 Å². The topological polar surface area (TPSA) is 85.5 Å². The average molecular weight is 312 g/mol. The molecule has 0 bridgehead atoms. The van der Waals surface area contributed by atoms with Crippen molar-refractivity contribution >= 4 is 17.7 Å². The van der Waals surface area contributed by atoms with Crippen LogP contribution in [0, 0.1) is 0 Å². The number of carboxylic acid groups (broad SMARTS) is 1. The first kappa shape index (κ1) is 14.8. The molecular weight excluding hydrogens is 292 g/mol. The minimum Gasteiger partial charge on any atom is -0.479 e. The van der Waals surface area contributed by atoms with Gasteiger partial charge in [0.1, 0.15) is 6.10 Å². The molecule has 2 heterocycles. The predicted molar refractivity (Wildman–Crippen MR) is 76.9 cm³/mol. The Balaban J connectivity index is 1.50. The smallest absolute Gasteiger partial charge is 0.332 e. The number of hydrogen-bond acceptors (Lipinski definition) is 6. The number of carboxylic acids is 1. The lowest BCUT2D eigenvalue weighted by Crippen LogP contribution is -2.18. The number of carbonyl (C=O) groups is 1. The zero-order valence-corrected chi connectivity index (χ0v) is 12.7. The van der Waals surface area contributed by atoms with Gasteiger partial charge in [0.15, 0.2) is 11.9 Å². The molecule has 2 fully saturated rings. The summed E-state index contributed by atoms with van der Waals surface area (Å²) in [5.41, 5.74) is 0. The van der Waals surface area contributed by atoms with Crippen molar-refractivity contribution in [2.24, 2.45) is 0 Å². The zero-order valence-electron chi connectivity index (χ0n) is 11.9. The maximum atomic E-state index is 10.9. The van der Waals surface area contributed by atoms with E-state index in [-0.39, 0.29) is 6.10 Å². The summed E-state index contributed by atoms with van der Waals surface area (Å²) in [7, 11) is 0. The summed E-state index contributed by atoms with van der Waals surface area (Å²) < 4.78 is 10.6. The van der Waals surface area contributed by atoms with Crippen molar-refractivity contribution in [3.05, 3.63) is 11.7 Å². The summed E-state index contributed by atoms with van der Waals surface area (Å²) in [4.78, 5) is 15.2. The van der Waals surface area contributed by atoms with Gasteiger partial charge in [-0.05, 0) is 25.7 Å². The van der Waals surface area contributed by atoms with Gasteiger partial charge in [-0.1, -0.05) is 24.4 Å². The average Bonchev–Trinajstić information content (AvgIpc) is 3.15. The first-order valence-electron chi connectivity index (χ1n) is 7.54. The van der Waals surface area contributed by atoms with Crippen LogP contribution >= 0.6 is 11.8 Å². The molecule has 1 saturated heterocycles. The van der Waals surface area contributed by atoms with E-state index in [2.05, 4.69) is 10.1 Å². The third kappa shape index (κ3) is 3.77. The van der Waals surface area contributed by atoms with Gasteiger partial charge in [0, 0.05) is 5.25 Å². The maximum absolute atomic E-state index is 10.9. The van der Waals surface area contributed by atoms with Crippen LogP contribution in [0.3, 0.4) is 0 Å². The van der Waals surface area contributed by atoms with Gasteiger partial charge in [-0.25, -0.2) is 4.79 Å². The van der Waals surface area contributed by atoms with Crippen LogP contribution in [0.2, 0.25) is 0 Å². The lowest BCUT2D eigenvalue weighted by molar-refractivity contribution is -0.150. The van der Waals surface area contributed by atoms with Crippen LogP contribution in [-0.4, -0.2) is 32.6 Å². The van der Waals surface area contributed by atoms with Crippen molar-refractivity contribution in [2.45, 2.75) is 68.2 Å². The third-order valence-corrected chi connectivity index (χ3v) is 5.42. The van der Waals surface area contributed by atoms with Crippen LogP contribution < -0.4 is 0 Å². The van der Waals surface area contributed by atoms with Crippen molar-refractivity contribution in [1.82, 2.24) is 10.1 Å². The van der Waals surface area contributed by atoms with Crippen LogP contribution in [0.5, 0.6) is 0 Å². The summed E-state index contributed by atoms with van der Waals surface area (Å²) in [5.74, 6) is 0.925. The number of aliphatic carboxylic acids is 1. The molecule has 2 unspecified atom stereocenters. The molecule has 1 aliphatic heterocycles. The van der Waals surface area contributed by atoms with Crippen LogP contribution in [0.1, 0.15) is 62.8 Å². The monoisotopic (exact) mass is 312 g/mol. The van der Waals surface area contributed by atoms with E-state index < -0.39 is 12.1 Å². The van der Waals surface area contributed by atoms with Gasteiger partial charge in [-0.2, -0.15) is 16.7 Å². The van der Waals surface area contributed by atoms with Crippen LogP contribution in [0.4, 0.5) is 0 Å². The molecule has 7 heteroatoms. The first-order chi connectivity index (χ1) is 10.2. The maximum Gasteiger partial charge on any atom is 0.332 e. The van der Waals surface area contributed by atoms with Crippen LogP contribution in [-0.2, 0) is 15.3 Å². The summed E-state index contributed by atoms with van der Waals surface area (Å²) >= 11 is 1.89. The fraction of sp³-hybridized carbons (Fsp3) is 0.786. The third-order valence-electron chi connectivity index (χ3n) is 4.05. The standard InChI is InChI=1S/C14H20N2O4S/c17-14(18)11-7-6-10(19-11)13-15-12(16-20-13)8-21-9-4-2-1-3-5-9/h9-11H,1-8H2,(H,17,18). The van der Waals surface area contributed by atoms with Gasteiger partial charge in [0.2, 0.25) is 0 Å². The molecule has 1 aliphatic carbocycles. The minimum absolute atomic E-state index is 0.368. The molecule has 6 nitrogen and oxygen atoms in total. The summed E-state index contributed by atoms with van der Waals surface area (Å²) in [6.07, 6.45) is 6.55. The summed E-state index contributed by atoms with van der Waals surface area (Å²) in [6, 6.07) is 0. The highest BCUT2D eigenvalue weighted by atomic mass is 32.2. The molecule has 0 radical (unpaired) electrons. The molecule has 0 spiro atoms. The molecule has 21 heavy (non-hydrogen) atoms. The van der Waals surface area contributed by atoms with Crippen molar-refractivity contribution in [1.29, 1.82) is 0 Å². The van der Waals surface area contributed by atoms with E-state index in [0.29, 0.717) is 29.8 Å². The molecule has 0 aromatic carbocycles. The molecule has 2 aliphatic rings. The molecular formula is C14H20N2O4S. The van der Waals surface area contributed by atoms with Gasteiger partial charge in [-0.15, -0.1) is 0 Å². The Morgan fingerprint density at radius 2 is 2.05 bits per heavy atom. The second kappa shape index (κ2) is 6.79. The van der Waals surface area contributed by atoms with Gasteiger partial charge in [0.25, 0.3) is 5.89 Å². The Labute approximate surface area is 127 Å². The Morgan fingerprint density at radius 3 is 2.76 bits per heavy atom. The number of aromatic nitrogens is 2. The first-order valence-corrected chi connectivity index (χ1v) is 8.59. The number of thioether (sulfide) groups is 1. The zero-order chi connectivity index (χ0) is 14.7. The molecule has 0 amide bonds. The number of nitrogens with zero attached hydrogens (tertiary/aromatic N) is 2. The number of hydrogen-bond donors (Lipinski definition) is 1. The van der Waals surface area contributed by atoms with E-state index in [1.165, 1.54) is 32.1 Å². The van der Waals surface area contributed by atoms with Gasteiger partial charge in [-0.3, -0.25) is 0 Å². The number of rotatable bonds is 5. The van der Waals surface area contributed by atoms with E-state index in [1.54, 1.807) is 0 Å². The molecule has 1 N–H and O–H groups in total. The largest absolute Gasteiger partial charge is 0.479 e. The fourth-order valence-corrected chi connectivity index (χ4v) is 4.05. The quantitative estimate of drug-likeness (QED) is 0.894. The Morgan fingerprint density at radius 1 is 1.24 bits per heavy atom. The normalized spacial score (nSPS) is 27.0. The predicted octanol–water partition coefficient (Wildman–Crippen LogP) is 2.94. The highest BCUT2D eigenvalue weighted by Crippen LogP contribution is 2.33. The van der Waals surface area contributed by atoms with Crippen molar-refractivity contribution in [2.75, 3.05) is 0 Å². The van der Waals surface area contributed by atoms with Crippen LogP contribution in [0.15, 0.2) is 4.52 Å². The molecule has 3 rings (SSSR count). The van der Waals surface area contributed by atoms with Gasteiger partial charge >= 0.3 is 5.97 Å². The highest BCUT2D eigenvalue weighted by molar-refractivity contribution is 7.99. The molecule has 1 saturated carbocycles. The minimum atomic E-state index is -0.926. The lowest BCUT2D eigenvalue weighted by Gasteiger charge is -2.19. The highest BCUT2D eigenvalue weighted by Gasteiger charge is 2.34. The van der Waals surface area contributed by atoms with Crippen molar-refractivity contribution in [3.63, 3.8) is 0 Å². The van der Waals surface area contributed by atoms with Crippen LogP contribution in [0.25, 0.3) is 0 Å². The van der Waals surface area contributed by atoms with E-state index >= 15 is 0 Å². The molecule has 1 aromatic rings. The summed E-state index contributed by atoms with van der Waals surface area (Å²) in [5, 5.41) is 13.6. The molecule has 2 atom stereocenters. The molecule has 1 aromatic heterocycles. The Kier molecular flexibility index (Phi) is 4.80. The second-order valence-corrected chi connectivity index (χ2v) is 6.94. The van der Waals surface area contributed by atoms with Gasteiger partial charge < -0.3 is 14.4 Å². The van der Waals surface area contributed by atoms with E-state index in [4.69, 9.17) is 14.4 Å². The molecule has 116 valence electrons.